The van der Waals surface area contributed by atoms with Crippen LogP contribution in [0.4, 0.5) is 0 Å². The van der Waals surface area contributed by atoms with Crippen LogP contribution in [0.25, 0.3) is 21.5 Å². The molecule has 0 saturated carbocycles. The summed E-state index contributed by atoms with van der Waals surface area (Å²) in [6.07, 6.45) is 5.34. The fourth-order valence-electron chi connectivity index (χ4n) is 3.59. The molecular weight excluding hydrogens is 340 g/mol. The normalized spacial score (nSPS) is 10.9. The molecule has 0 aliphatic carbocycles. The van der Waals surface area contributed by atoms with Crippen LogP contribution in [0.15, 0.2) is 91.2 Å². The molecule has 1 nitrogen and oxygen atoms in total. The lowest BCUT2D eigenvalue weighted by atomic mass is 9.97. The number of rotatable bonds is 4. The van der Waals surface area contributed by atoms with Crippen LogP contribution in [-0.2, 0) is 17.6 Å². The van der Waals surface area contributed by atoms with E-state index in [-0.39, 0.29) is 0 Å². The van der Waals surface area contributed by atoms with Crippen molar-refractivity contribution in [2.24, 2.45) is 0 Å². The molecule has 0 heterocycles. The van der Waals surface area contributed by atoms with E-state index in [2.05, 4.69) is 90.7 Å². The van der Waals surface area contributed by atoms with E-state index in [1.165, 1.54) is 32.7 Å². The number of methoxy groups -OCH3 is 1. The standard InChI is InChI=1S/C27H22O/c1-28-19-9-15-22-11-3-2-10-21(22)13-8-14-24-20-23-12-4-5-16-25(23)27-18-7-6-17-26(24)27/h2-7,9-12,16-20H,13,15H2,1H3. The van der Waals surface area contributed by atoms with Crippen molar-refractivity contribution in [3.63, 3.8) is 0 Å². The first-order chi connectivity index (χ1) is 13.9. The average Bonchev–Trinajstić information content (AvgIpc) is 2.75. The van der Waals surface area contributed by atoms with Gasteiger partial charge in [0.1, 0.15) is 0 Å². The van der Waals surface area contributed by atoms with Gasteiger partial charge >= 0.3 is 0 Å². The molecule has 4 aromatic rings. The molecule has 136 valence electrons. The number of fused-ring (bicyclic) bond motifs is 3. The summed E-state index contributed by atoms with van der Waals surface area (Å²) in [6.45, 7) is 0. The van der Waals surface area contributed by atoms with Crippen LogP contribution in [0.1, 0.15) is 16.7 Å². The molecule has 0 aliphatic heterocycles. The summed E-state index contributed by atoms with van der Waals surface area (Å²) in [6, 6.07) is 27.7. The van der Waals surface area contributed by atoms with Gasteiger partial charge in [-0.3, -0.25) is 0 Å². The van der Waals surface area contributed by atoms with Gasteiger partial charge in [-0.25, -0.2) is 0 Å². The summed E-state index contributed by atoms with van der Waals surface area (Å²) < 4.78 is 5.01. The first-order valence-corrected chi connectivity index (χ1v) is 9.51. The Labute approximate surface area is 166 Å². The minimum atomic E-state index is 0.734. The van der Waals surface area contributed by atoms with E-state index in [1.807, 2.05) is 6.08 Å². The molecule has 0 aliphatic rings. The number of benzene rings is 4. The van der Waals surface area contributed by atoms with Crippen molar-refractivity contribution in [2.45, 2.75) is 12.8 Å². The van der Waals surface area contributed by atoms with Crippen molar-refractivity contribution < 1.29 is 4.74 Å². The third-order valence-corrected chi connectivity index (χ3v) is 4.96. The Morgan fingerprint density at radius 2 is 1.46 bits per heavy atom. The Kier molecular flexibility index (Phi) is 5.41. The number of ether oxygens (including phenoxy) is 1. The molecule has 4 aromatic carbocycles. The van der Waals surface area contributed by atoms with Crippen LogP contribution in [-0.4, -0.2) is 7.11 Å². The second-order valence-corrected chi connectivity index (χ2v) is 6.75. The summed E-state index contributed by atoms with van der Waals surface area (Å²) in [5.74, 6) is 6.83. The maximum absolute atomic E-state index is 5.01. The molecular formula is C27H22O. The molecule has 0 bridgehead atoms. The highest BCUT2D eigenvalue weighted by Gasteiger charge is 2.04. The van der Waals surface area contributed by atoms with Gasteiger partial charge in [-0.1, -0.05) is 84.6 Å². The van der Waals surface area contributed by atoms with Gasteiger partial charge in [0, 0.05) is 12.0 Å². The average molecular weight is 362 g/mol. The minimum absolute atomic E-state index is 0.734. The van der Waals surface area contributed by atoms with Gasteiger partial charge in [0.05, 0.1) is 13.4 Å². The van der Waals surface area contributed by atoms with Crippen LogP contribution in [0.2, 0.25) is 0 Å². The zero-order chi connectivity index (χ0) is 19.2. The van der Waals surface area contributed by atoms with Crippen molar-refractivity contribution in [3.05, 3.63) is 108 Å². The monoisotopic (exact) mass is 362 g/mol. The fourth-order valence-corrected chi connectivity index (χ4v) is 3.59. The Morgan fingerprint density at radius 1 is 0.786 bits per heavy atom. The zero-order valence-electron chi connectivity index (χ0n) is 16.0. The van der Waals surface area contributed by atoms with Crippen molar-refractivity contribution in [1.29, 1.82) is 0 Å². The molecule has 0 unspecified atom stereocenters. The van der Waals surface area contributed by atoms with Gasteiger partial charge in [-0.2, -0.15) is 0 Å². The third-order valence-electron chi connectivity index (χ3n) is 4.96. The van der Waals surface area contributed by atoms with Crippen LogP contribution >= 0.6 is 0 Å². The lowest BCUT2D eigenvalue weighted by Crippen LogP contribution is -1.91. The van der Waals surface area contributed by atoms with Gasteiger partial charge in [-0.05, 0) is 51.2 Å². The molecule has 28 heavy (non-hydrogen) atoms. The summed E-state index contributed by atoms with van der Waals surface area (Å²) in [4.78, 5) is 0. The molecule has 0 spiro atoms. The van der Waals surface area contributed by atoms with E-state index in [9.17, 15) is 0 Å². The molecule has 4 rings (SSSR count). The van der Waals surface area contributed by atoms with Crippen LogP contribution < -0.4 is 0 Å². The van der Waals surface area contributed by atoms with Gasteiger partial charge in [0.15, 0.2) is 0 Å². The molecule has 0 N–H and O–H groups in total. The number of allylic oxidation sites excluding steroid dienone is 1. The first-order valence-electron chi connectivity index (χ1n) is 9.51. The fraction of sp³-hybridized carbons (Fsp3) is 0.111. The Bertz CT molecular complexity index is 1210. The second-order valence-electron chi connectivity index (χ2n) is 6.75. The van der Waals surface area contributed by atoms with Gasteiger partial charge in [0.25, 0.3) is 0 Å². The predicted octanol–water partition coefficient (Wildman–Crippen LogP) is 6.29. The van der Waals surface area contributed by atoms with Crippen molar-refractivity contribution >= 4 is 21.5 Å². The molecule has 0 radical (unpaired) electrons. The summed E-state index contributed by atoms with van der Waals surface area (Å²) in [5.41, 5.74) is 3.64. The maximum atomic E-state index is 5.01. The maximum Gasteiger partial charge on any atom is 0.0788 e. The van der Waals surface area contributed by atoms with E-state index in [4.69, 9.17) is 4.74 Å². The molecule has 0 amide bonds. The molecule has 0 fully saturated rings. The van der Waals surface area contributed by atoms with E-state index >= 15 is 0 Å². The largest absolute Gasteiger partial charge is 0.505 e. The molecule has 0 saturated heterocycles. The molecule has 0 aromatic heterocycles. The minimum Gasteiger partial charge on any atom is -0.505 e. The van der Waals surface area contributed by atoms with Crippen molar-refractivity contribution in [1.82, 2.24) is 0 Å². The highest BCUT2D eigenvalue weighted by Crippen LogP contribution is 2.28. The van der Waals surface area contributed by atoms with Crippen molar-refractivity contribution in [2.75, 3.05) is 7.11 Å². The van der Waals surface area contributed by atoms with E-state index < -0.39 is 0 Å². The highest BCUT2D eigenvalue weighted by molar-refractivity contribution is 6.09. The Morgan fingerprint density at radius 3 is 2.29 bits per heavy atom. The summed E-state index contributed by atoms with van der Waals surface area (Å²) in [7, 11) is 1.67. The molecule has 1 heteroatoms. The lowest BCUT2D eigenvalue weighted by Gasteiger charge is -2.06. The lowest BCUT2D eigenvalue weighted by molar-refractivity contribution is 0.337. The quantitative estimate of drug-likeness (QED) is 0.235. The van der Waals surface area contributed by atoms with E-state index in [1.54, 1.807) is 13.4 Å². The zero-order valence-corrected chi connectivity index (χ0v) is 16.0. The van der Waals surface area contributed by atoms with E-state index in [0.717, 1.165) is 18.4 Å². The SMILES string of the molecule is COC=CCc1ccccc1CC#Cc1cc2ccccc2c2ccccc12. The number of hydrogen-bond donors (Lipinski definition) is 0. The Hall–Kier alpha value is -3.50. The number of hydrogen-bond acceptors (Lipinski definition) is 1. The summed E-state index contributed by atoms with van der Waals surface area (Å²) >= 11 is 0. The first kappa shape index (κ1) is 17.9. The highest BCUT2D eigenvalue weighted by atomic mass is 16.5. The molecule has 0 atom stereocenters. The van der Waals surface area contributed by atoms with Gasteiger partial charge in [-0.15, -0.1) is 0 Å². The van der Waals surface area contributed by atoms with Crippen molar-refractivity contribution in [3.8, 4) is 11.8 Å². The van der Waals surface area contributed by atoms with Gasteiger partial charge in [0.2, 0.25) is 0 Å². The van der Waals surface area contributed by atoms with Crippen LogP contribution in [0.5, 0.6) is 0 Å². The Balaban J connectivity index is 1.69. The topological polar surface area (TPSA) is 9.23 Å². The third kappa shape index (κ3) is 3.77. The van der Waals surface area contributed by atoms with Crippen LogP contribution in [0, 0.1) is 11.8 Å². The van der Waals surface area contributed by atoms with Crippen LogP contribution in [0.3, 0.4) is 0 Å². The predicted molar refractivity (Wildman–Crippen MR) is 118 cm³/mol. The van der Waals surface area contributed by atoms with Gasteiger partial charge < -0.3 is 4.74 Å². The second kappa shape index (κ2) is 8.46. The van der Waals surface area contributed by atoms with E-state index in [0.29, 0.717) is 0 Å². The summed E-state index contributed by atoms with van der Waals surface area (Å²) in [5, 5.41) is 4.98. The smallest absolute Gasteiger partial charge is 0.0788 e.